The van der Waals surface area contributed by atoms with Crippen LogP contribution in [-0.2, 0) is 19.1 Å². The average Bonchev–Trinajstić information content (AvgIpc) is 3.54. The molecule has 2 aliphatic carbocycles. The lowest BCUT2D eigenvalue weighted by Gasteiger charge is -2.38. The number of aromatic carboxylic acids is 1. The van der Waals surface area contributed by atoms with Crippen LogP contribution in [0.3, 0.4) is 0 Å². The maximum atomic E-state index is 14.3. The van der Waals surface area contributed by atoms with E-state index in [4.69, 9.17) is 9.84 Å². The maximum Gasteiger partial charge on any atom is 0.356 e. The number of hydrogen-bond donors (Lipinski definition) is 3. The summed E-state index contributed by atoms with van der Waals surface area (Å²) in [5.41, 5.74) is -1.83. The Bertz CT molecular complexity index is 1250. The number of nitrogens with one attached hydrogen (secondary N) is 2. The number of amides is 3. The number of ether oxygens (including phenoxy) is 1. The molecular formula is C32H47N5O7. The molecule has 4 rings (SSSR count). The Morgan fingerprint density at radius 2 is 1.52 bits per heavy atom. The molecule has 242 valence electrons. The molecule has 0 radical (unpaired) electrons. The Hall–Kier alpha value is -3.57. The number of fused-ring (bicyclic) bond motifs is 1. The molecule has 12 nitrogen and oxygen atoms in total. The highest BCUT2D eigenvalue weighted by Gasteiger charge is 2.53. The zero-order valence-corrected chi connectivity index (χ0v) is 26.7. The van der Waals surface area contributed by atoms with Gasteiger partial charge in [-0.1, -0.05) is 46.5 Å². The van der Waals surface area contributed by atoms with Gasteiger partial charge in [-0.3, -0.25) is 14.4 Å². The predicted octanol–water partition coefficient (Wildman–Crippen LogP) is 3.35. The van der Waals surface area contributed by atoms with E-state index in [1.165, 1.54) is 0 Å². The van der Waals surface area contributed by atoms with Gasteiger partial charge in [0.05, 0.1) is 12.4 Å². The summed E-state index contributed by atoms with van der Waals surface area (Å²) in [6.45, 7) is 11.4. The molecule has 44 heavy (non-hydrogen) atoms. The van der Waals surface area contributed by atoms with Crippen molar-refractivity contribution < 1.29 is 33.8 Å². The molecule has 3 N–H and O–H groups in total. The summed E-state index contributed by atoms with van der Waals surface area (Å²) in [6, 6.07) is -2.62. The van der Waals surface area contributed by atoms with Gasteiger partial charge >= 0.3 is 11.9 Å². The zero-order chi connectivity index (χ0) is 32.4. The smallest absolute Gasteiger partial charge is 0.356 e. The summed E-state index contributed by atoms with van der Waals surface area (Å²) in [5, 5.41) is 14.9. The first-order valence-corrected chi connectivity index (χ1v) is 15.8. The van der Waals surface area contributed by atoms with Crippen LogP contribution < -0.4 is 10.6 Å². The van der Waals surface area contributed by atoms with Gasteiger partial charge in [-0.2, -0.15) is 0 Å². The number of carboxylic acid groups (broad SMARTS) is 1. The van der Waals surface area contributed by atoms with Gasteiger partial charge in [0, 0.05) is 6.54 Å². The molecule has 2 heterocycles. The minimum atomic E-state index is -1.27. The van der Waals surface area contributed by atoms with Gasteiger partial charge in [-0.05, 0) is 69.6 Å². The van der Waals surface area contributed by atoms with E-state index in [1.807, 2.05) is 41.5 Å². The highest BCUT2D eigenvalue weighted by Crippen LogP contribution is 2.44. The van der Waals surface area contributed by atoms with Crippen molar-refractivity contribution >= 4 is 29.7 Å². The number of aromatic nitrogens is 2. The van der Waals surface area contributed by atoms with E-state index in [9.17, 15) is 24.0 Å². The standard InChI is InChI=1S/C32H47N5O7/c1-31(2,3)25(28(40)37-17-19-13-10-14-20(19)24(37)30(43)44-32(4,5)6)36-27(39)23(18-11-8-7-9-12-18)35-26(38)21-15-34-22(16-33-21)29(41)42/h15-16,18-20,23-25H,7-14,17H2,1-6H3,(H,35,38)(H,36,39)(H,41,42)/t19-,20-,23?,24-,25+/m0/s1. The third-order valence-corrected chi connectivity index (χ3v) is 9.02. The normalized spacial score (nSPS) is 23.8. The number of carbonyl (C=O) groups is 5. The molecule has 3 aliphatic rings. The van der Waals surface area contributed by atoms with Gasteiger partial charge in [-0.25, -0.2) is 19.6 Å². The van der Waals surface area contributed by atoms with Crippen molar-refractivity contribution in [2.45, 2.75) is 117 Å². The summed E-state index contributed by atoms with van der Waals surface area (Å²) in [6.07, 6.45) is 9.16. The van der Waals surface area contributed by atoms with Crippen molar-refractivity contribution in [3.05, 3.63) is 23.8 Å². The van der Waals surface area contributed by atoms with Crippen LogP contribution in [0, 0.1) is 23.2 Å². The number of hydrogen-bond acceptors (Lipinski definition) is 8. The summed E-state index contributed by atoms with van der Waals surface area (Å²) < 4.78 is 5.77. The molecule has 3 amide bonds. The minimum absolute atomic E-state index is 0.0213. The second kappa shape index (κ2) is 13.2. The molecule has 12 heteroatoms. The van der Waals surface area contributed by atoms with E-state index >= 15 is 0 Å². The van der Waals surface area contributed by atoms with E-state index in [-0.39, 0.29) is 35.0 Å². The van der Waals surface area contributed by atoms with E-state index in [0.717, 1.165) is 63.8 Å². The number of likely N-dealkylation sites (tertiary alicyclic amines) is 1. The fourth-order valence-electron chi connectivity index (χ4n) is 6.88. The van der Waals surface area contributed by atoms with E-state index in [1.54, 1.807) is 4.90 Å². The Morgan fingerprint density at radius 1 is 0.886 bits per heavy atom. The lowest BCUT2D eigenvalue weighted by atomic mass is 9.82. The van der Waals surface area contributed by atoms with Crippen LogP contribution in [-0.4, -0.2) is 79.9 Å². The molecule has 1 saturated heterocycles. The SMILES string of the molecule is CC(C)(C)OC(=O)[C@@H]1[C@H]2CCC[C@H]2CN1C(=O)[C@@H](NC(=O)C(NC(=O)c1cnc(C(=O)O)cn1)C1CCCCC1)C(C)(C)C. The highest BCUT2D eigenvalue weighted by atomic mass is 16.6. The number of nitrogens with zero attached hydrogens (tertiary/aromatic N) is 3. The van der Waals surface area contributed by atoms with Crippen LogP contribution >= 0.6 is 0 Å². The summed E-state index contributed by atoms with van der Waals surface area (Å²) >= 11 is 0. The summed E-state index contributed by atoms with van der Waals surface area (Å²) in [7, 11) is 0. The number of esters is 1. The van der Waals surface area contributed by atoms with Crippen LogP contribution in [0.4, 0.5) is 0 Å². The molecule has 0 bridgehead atoms. The van der Waals surface area contributed by atoms with Crippen molar-refractivity contribution in [1.82, 2.24) is 25.5 Å². The Labute approximate surface area is 259 Å². The maximum absolute atomic E-state index is 14.3. The number of carboxylic acids is 1. The third-order valence-electron chi connectivity index (χ3n) is 9.02. The van der Waals surface area contributed by atoms with E-state index in [0.29, 0.717) is 6.54 Å². The molecule has 1 unspecified atom stereocenters. The third kappa shape index (κ3) is 7.74. The predicted molar refractivity (Wildman–Crippen MR) is 160 cm³/mol. The van der Waals surface area contributed by atoms with E-state index < -0.39 is 52.9 Å². The zero-order valence-electron chi connectivity index (χ0n) is 26.7. The molecule has 0 spiro atoms. The van der Waals surface area contributed by atoms with Crippen molar-refractivity contribution in [3.63, 3.8) is 0 Å². The average molecular weight is 614 g/mol. The molecule has 2 saturated carbocycles. The first-order valence-electron chi connectivity index (χ1n) is 15.8. The fraction of sp³-hybridized carbons (Fsp3) is 0.719. The van der Waals surface area contributed by atoms with Gasteiger partial charge in [-0.15, -0.1) is 0 Å². The van der Waals surface area contributed by atoms with Crippen molar-refractivity contribution in [1.29, 1.82) is 0 Å². The number of carbonyl (C=O) groups excluding carboxylic acids is 4. The molecular weight excluding hydrogens is 566 g/mol. The van der Waals surface area contributed by atoms with Crippen LogP contribution in [0.2, 0.25) is 0 Å². The Balaban J connectivity index is 1.58. The lowest BCUT2D eigenvalue weighted by molar-refractivity contribution is -0.165. The highest BCUT2D eigenvalue weighted by molar-refractivity contribution is 5.98. The summed E-state index contributed by atoms with van der Waals surface area (Å²) in [4.78, 5) is 75.4. The second-order valence-electron chi connectivity index (χ2n) is 14.6. The van der Waals surface area contributed by atoms with Crippen molar-refractivity contribution in [2.24, 2.45) is 23.2 Å². The molecule has 0 aromatic carbocycles. The first-order chi connectivity index (χ1) is 20.6. The largest absolute Gasteiger partial charge is 0.476 e. The Kier molecular flexibility index (Phi) is 9.99. The fourth-order valence-corrected chi connectivity index (χ4v) is 6.88. The van der Waals surface area contributed by atoms with Gasteiger partial charge in [0.25, 0.3) is 5.91 Å². The second-order valence-corrected chi connectivity index (χ2v) is 14.6. The monoisotopic (exact) mass is 613 g/mol. The first kappa shape index (κ1) is 33.3. The van der Waals surface area contributed by atoms with Crippen LogP contribution in [0.5, 0.6) is 0 Å². The number of rotatable bonds is 8. The molecule has 1 aliphatic heterocycles. The van der Waals surface area contributed by atoms with Crippen molar-refractivity contribution in [3.8, 4) is 0 Å². The van der Waals surface area contributed by atoms with Gasteiger partial charge in [0.15, 0.2) is 5.69 Å². The van der Waals surface area contributed by atoms with Crippen LogP contribution in [0.1, 0.15) is 114 Å². The lowest BCUT2D eigenvalue weighted by Crippen LogP contribution is -2.61. The molecule has 5 atom stereocenters. The van der Waals surface area contributed by atoms with Gasteiger partial charge in [0.2, 0.25) is 11.8 Å². The molecule has 3 fully saturated rings. The van der Waals surface area contributed by atoms with Crippen molar-refractivity contribution in [2.75, 3.05) is 6.54 Å². The van der Waals surface area contributed by atoms with E-state index in [2.05, 4.69) is 20.6 Å². The van der Waals surface area contributed by atoms with Gasteiger partial charge < -0.3 is 25.4 Å². The topological polar surface area (TPSA) is 168 Å². The Morgan fingerprint density at radius 3 is 2.09 bits per heavy atom. The quantitative estimate of drug-likeness (QED) is 0.372. The minimum Gasteiger partial charge on any atom is -0.476 e. The van der Waals surface area contributed by atoms with Gasteiger partial charge in [0.1, 0.15) is 29.4 Å². The summed E-state index contributed by atoms with van der Waals surface area (Å²) in [5.74, 6) is -3.09. The van der Waals surface area contributed by atoms with Crippen LogP contribution in [0.15, 0.2) is 12.4 Å². The molecule has 1 aromatic rings. The van der Waals surface area contributed by atoms with Crippen LogP contribution in [0.25, 0.3) is 0 Å². The molecule has 1 aromatic heterocycles.